The summed E-state index contributed by atoms with van der Waals surface area (Å²) in [6.07, 6.45) is 0.0166. The molecule has 0 aliphatic carbocycles. The van der Waals surface area contributed by atoms with Crippen LogP contribution in [0.25, 0.3) is 11.1 Å². The SMILES string of the molecule is COc1cccc(C(=O)N2Cc3c(C)c(-c4cc(F)c5c(c4C)CCCO5)c([C@H](OC(C)(C)C)C(=O)O)c(C)c3C2)c1F. The molecule has 0 fully saturated rings. The molecule has 7 nitrogen and oxygen atoms in total. The zero-order valence-electron chi connectivity index (χ0n) is 25.6. The summed E-state index contributed by atoms with van der Waals surface area (Å²) in [5, 5.41) is 10.5. The van der Waals surface area contributed by atoms with Crippen LogP contribution in [0, 0.1) is 32.4 Å². The van der Waals surface area contributed by atoms with Gasteiger partial charge in [-0.05, 0) is 112 Å². The summed E-state index contributed by atoms with van der Waals surface area (Å²) in [6, 6.07) is 5.84. The molecule has 3 aromatic rings. The van der Waals surface area contributed by atoms with Gasteiger partial charge in [0.1, 0.15) is 0 Å². The second-order valence-corrected chi connectivity index (χ2v) is 12.2. The van der Waals surface area contributed by atoms with Gasteiger partial charge in [-0.1, -0.05) is 6.07 Å². The molecule has 3 aromatic carbocycles. The highest BCUT2D eigenvalue weighted by Gasteiger charge is 2.38. The molecule has 1 N–H and O–H groups in total. The Balaban J connectivity index is 1.73. The number of carboxylic acid groups (broad SMARTS) is 1. The topological polar surface area (TPSA) is 85.3 Å². The van der Waals surface area contributed by atoms with E-state index in [-0.39, 0.29) is 30.2 Å². The Bertz CT molecular complexity index is 1640. The number of fused-ring (bicyclic) bond motifs is 2. The summed E-state index contributed by atoms with van der Waals surface area (Å²) in [4.78, 5) is 28.0. The summed E-state index contributed by atoms with van der Waals surface area (Å²) in [5.41, 5.74) is 5.15. The number of benzene rings is 3. The Kier molecular flexibility index (Phi) is 7.98. The first-order valence-electron chi connectivity index (χ1n) is 14.4. The number of aliphatic carboxylic acids is 1. The molecule has 2 heterocycles. The minimum absolute atomic E-state index is 0.0305. The van der Waals surface area contributed by atoms with E-state index in [0.29, 0.717) is 35.3 Å². The van der Waals surface area contributed by atoms with Crippen molar-refractivity contribution in [3.8, 4) is 22.6 Å². The normalized spacial score (nSPS) is 15.0. The van der Waals surface area contributed by atoms with Crippen molar-refractivity contribution >= 4 is 11.9 Å². The van der Waals surface area contributed by atoms with Gasteiger partial charge in [-0.15, -0.1) is 0 Å². The van der Waals surface area contributed by atoms with E-state index >= 15 is 8.78 Å². The third kappa shape index (κ3) is 5.35. The number of carbonyl (C=O) groups is 2. The molecule has 0 bridgehead atoms. The maximum absolute atomic E-state index is 15.6. The maximum atomic E-state index is 15.6. The van der Waals surface area contributed by atoms with Crippen molar-refractivity contribution in [1.82, 2.24) is 4.90 Å². The first-order chi connectivity index (χ1) is 20.2. The van der Waals surface area contributed by atoms with Crippen molar-refractivity contribution in [3.05, 3.63) is 80.4 Å². The fraction of sp³-hybridized carbons (Fsp3) is 0.412. The summed E-state index contributed by atoms with van der Waals surface area (Å²) in [6.45, 7) is 11.7. The van der Waals surface area contributed by atoms with Crippen molar-refractivity contribution in [1.29, 1.82) is 0 Å². The maximum Gasteiger partial charge on any atom is 0.337 e. The van der Waals surface area contributed by atoms with Gasteiger partial charge in [-0.25, -0.2) is 13.6 Å². The number of carbonyl (C=O) groups excluding carboxylic acids is 1. The van der Waals surface area contributed by atoms with Gasteiger partial charge in [0.25, 0.3) is 5.91 Å². The number of ether oxygens (including phenoxy) is 3. The molecule has 5 rings (SSSR count). The third-order valence-electron chi connectivity index (χ3n) is 8.38. The van der Waals surface area contributed by atoms with Gasteiger partial charge < -0.3 is 24.2 Å². The van der Waals surface area contributed by atoms with Crippen LogP contribution in [0.5, 0.6) is 11.5 Å². The number of halogens is 2. The zero-order valence-corrected chi connectivity index (χ0v) is 25.6. The zero-order chi connectivity index (χ0) is 31.4. The number of methoxy groups -OCH3 is 1. The van der Waals surface area contributed by atoms with Gasteiger partial charge in [0, 0.05) is 24.2 Å². The van der Waals surface area contributed by atoms with Gasteiger partial charge in [0.05, 0.1) is 24.9 Å². The molecule has 1 atom stereocenters. The van der Waals surface area contributed by atoms with E-state index in [1.807, 2.05) is 20.8 Å². The van der Waals surface area contributed by atoms with Crippen LogP contribution in [0.15, 0.2) is 24.3 Å². The van der Waals surface area contributed by atoms with Crippen LogP contribution in [-0.2, 0) is 29.0 Å². The van der Waals surface area contributed by atoms with Crippen LogP contribution in [0.2, 0.25) is 0 Å². The lowest BCUT2D eigenvalue weighted by Crippen LogP contribution is -2.29. The molecule has 0 unspecified atom stereocenters. The molecule has 0 aromatic heterocycles. The molecule has 2 aliphatic rings. The standard InChI is InChI=1S/C34H37F2NO6/c1-17-20-11-9-13-42-30(20)25(35)14-22(17)27-18(2)23-15-37(32(38)21-10-8-12-26(41-7)29(21)36)16-24(23)19(3)28(27)31(33(39)40)43-34(4,5)6/h8,10,12,14,31H,9,11,13,15-16H2,1-7H3,(H,39,40)/t31-/m0/s1. The Morgan fingerprint density at radius 3 is 2.33 bits per heavy atom. The fourth-order valence-electron chi connectivity index (χ4n) is 6.35. The fourth-order valence-corrected chi connectivity index (χ4v) is 6.35. The van der Waals surface area contributed by atoms with Crippen LogP contribution < -0.4 is 9.47 Å². The van der Waals surface area contributed by atoms with E-state index in [9.17, 15) is 14.7 Å². The number of carboxylic acids is 1. The average molecular weight is 594 g/mol. The molecule has 1 amide bonds. The second kappa shape index (κ2) is 11.3. The molecule has 43 heavy (non-hydrogen) atoms. The number of hydrogen-bond donors (Lipinski definition) is 1. The lowest BCUT2D eigenvalue weighted by Gasteiger charge is -2.31. The molecular weight excluding hydrogens is 556 g/mol. The predicted molar refractivity (Wildman–Crippen MR) is 158 cm³/mol. The number of amides is 1. The van der Waals surface area contributed by atoms with Crippen LogP contribution in [0.4, 0.5) is 8.78 Å². The Morgan fingerprint density at radius 2 is 1.70 bits per heavy atom. The van der Waals surface area contributed by atoms with Gasteiger partial charge in [-0.3, -0.25) is 4.79 Å². The van der Waals surface area contributed by atoms with Crippen molar-refractivity contribution in [2.75, 3.05) is 13.7 Å². The van der Waals surface area contributed by atoms with Crippen molar-refractivity contribution < 1.29 is 37.7 Å². The van der Waals surface area contributed by atoms with Crippen molar-refractivity contribution in [2.45, 2.75) is 79.2 Å². The highest BCUT2D eigenvalue weighted by molar-refractivity contribution is 5.96. The Labute approximate surface area is 250 Å². The van der Waals surface area contributed by atoms with Gasteiger partial charge in [0.15, 0.2) is 29.2 Å². The monoisotopic (exact) mass is 593 g/mol. The highest BCUT2D eigenvalue weighted by atomic mass is 19.1. The number of hydrogen-bond acceptors (Lipinski definition) is 5. The smallest absolute Gasteiger partial charge is 0.337 e. The van der Waals surface area contributed by atoms with E-state index in [1.54, 1.807) is 26.8 Å². The van der Waals surface area contributed by atoms with Gasteiger partial charge in [0.2, 0.25) is 0 Å². The summed E-state index contributed by atoms with van der Waals surface area (Å²) < 4.78 is 47.5. The quantitative estimate of drug-likeness (QED) is 0.332. The summed E-state index contributed by atoms with van der Waals surface area (Å²) in [5.74, 6) is -2.73. The largest absolute Gasteiger partial charge is 0.494 e. The molecule has 9 heteroatoms. The lowest BCUT2D eigenvalue weighted by atomic mass is 9.81. The van der Waals surface area contributed by atoms with Crippen LogP contribution in [-0.4, -0.2) is 41.2 Å². The second-order valence-electron chi connectivity index (χ2n) is 12.2. The Hall–Kier alpha value is -3.98. The summed E-state index contributed by atoms with van der Waals surface area (Å²) in [7, 11) is 1.34. The van der Waals surface area contributed by atoms with Crippen LogP contribution >= 0.6 is 0 Å². The minimum atomic E-state index is -1.37. The van der Waals surface area contributed by atoms with Gasteiger partial charge in [-0.2, -0.15) is 0 Å². The number of nitrogens with zero attached hydrogens (tertiary/aromatic N) is 1. The first-order valence-corrected chi connectivity index (χ1v) is 14.4. The number of rotatable bonds is 6. The van der Waals surface area contributed by atoms with E-state index in [4.69, 9.17) is 14.2 Å². The average Bonchev–Trinajstić information content (AvgIpc) is 3.41. The molecule has 0 saturated carbocycles. The van der Waals surface area contributed by atoms with Crippen molar-refractivity contribution in [3.63, 3.8) is 0 Å². The van der Waals surface area contributed by atoms with Crippen LogP contribution in [0.3, 0.4) is 0 Å². The highest BCUT2D eigenvalue weighted by Crippen LogP contribution is 2.47. The van der Waals surface area contributed by atoms with Crippen molar-refractivity contribution in [2.24, 2.45) is 0 Å². The summed E-state index contributed by atoms with van der Waals surface area (Å²) >= 11 is 0. The first kappa shape index (κ1) is 30.5. The molecule has 0 radical (unpaired) electrons. The molecule has 2 aliphatic heterocycles. The molecule has 0 saturated heterocycles. The van der Waals surface area contributed by atoms with E-state index < -0.39 is 35.2 Å². The van der Waals surface area contributed by atoms with Crippen LogP contribution in [0.1, 0.15) is 82.6 Å². The molecule has 0 spiro atoms. The van der Waals surface area contributed by atoms with E-state index in [0.717, 1.165) is 34.2 Å². The molecular formula is C34H37F2NO6. The molecule has 228 valence electrons. The van der Waals surface area contributed by atoms with E-state index in [1.165, 1.54) is 30.2 Å². The predicted octanol–water partition coefficient (Wildman–Crippen LogP) is 6.99. The van der Waals surface area contributed by atoms with Gasteiger partial charge >= 0.3 is 5.97 Å². The minimum Gasteiger partial charge on any atom is -0.494 e. The Morgan fingerprint density at radius 1 is 1.02 bits per heavy atom. The third-order valence-corrected chi connectivity index (χ3v) is 8.38. The lowest BCUT2D eigenvalue weighted by molar-refractivity contribution is -0.160. The van der Waals surface area contributed by atoms with E-state index in [2.05, 4.69) is 0 Å².